The largest absolute Gasteiger partial charge is 0.467 e. The van der Waals surface area contributed by atoms with Crippen LogP contribution in [0.1, 0.15) is 21.7 Å². The Morgan fingerprint density at radius 3 is 2.59 bits per heavy atom. The van der Waals surface area contributed by atoms with E-state index in [0.717, 1.165) is 11.4 Å². The molecule has 1 aliphatic rings. The van der Waals surface area contributed by atoms with E-state index in [4.69, 9.17) is 21.0 Å². The minimum atomic E-state index is -0.209. The number of thioether (sulfide) groups is 1. The van der Waals surface area contributed by atoms with Crippen molar-refractivity contribution in [3.8, 4) is 0 Å². The van der Waals surface area contributed by atoms with Gasteiger partial charge in [-0.1, -0.05) is 47.6 Å². The van der Waals surface area contributed by atoms with Crippen molar-refractivity contribution in [1.29, 1.82) is 0 Å². The van der Waals surface area contributed by atoms with Crippen LogP contribution in [0.4, 0.5) is 15.9 Å². The molecule has 1 N–H and O–H groups in total. The van der Waals surface area contributed by atoms with E-state index in [9.17, 15) is 9.18 Å². The number of piperazine rings is 1. The highest BCUT2D eigenvalue weighted by atomic mass is 35.5. The maximum Gasteiger partial charge on any atom is 0.251 e. The minimum Gasteiger partial charge on any atom is -0.467 e. The number of furan rings is 1. The lowest BCUT2D eigenvalue weighted by Gasteiger charge is -2.36. The van der Waals surface area contributed by atoms with Crippen molar-refractivity contribution in [2.75, 3.05) is 36.0 Å². The van der Waals surface area contributed by atoms with Crippen molar-refractivity contribution in [3.05, 3.63) is 101 Å². The monoisotopic (exact) mass is 537 g/mol. The van der Waals surface area contributed by atoms with Crippen LogP contribution >= 0.6 is 23.4 Å². The summed E-state index contributed by atoms with van der Waals surface area (Å²) >= 11 is 7.79. The van der Waals surface area contributed by atoms with Crippen molar-refractivity contribution in [2.24, 2.45) is 0 Å². The molecule has 10 heteroatoms. The van der Waals surface area contributed by atoms with Crippen LogP contribution in [-0.2, 0) is 12.3 Å². The van der Waals surface area contributed by atoms with E-state index < -0.39 is 0 Å². The van der Waals surface area contributed by atoms with Crippen molar-refractivity contribution in [1.82, 2.24) is 15.3 Å². The van der Waals surface area contributed by atoms with Gasteiger partial charge in [0.05, 0.1) is 18.5 Å². The molecule has 0 unspecified atom stereocenters. The molecule has 0 bridgehead atoms. The molecule has 0 atom stereocenters. The molecule has 7 nitrogen and oxygen atoms in total. The van der Waals surface area contributed by atoms with Crippen LogP contribution in [0.2, 0.25) is 5.15 Å². The highest BCUT2D eigenvalue weighted by Gasteiger charge is 2.21. The Bertz CT molecular complexity index is 1360. The Morgan fingerprint density at radius 2 is 1.81 bits per heavy atom. The summed E-state index contributed by atoms with van der Waals surface area (Å²) in [6.45, 7) is 3.08. The van der Waals surface area contributed by atoms with Crippen molar-refractivity contribution >= 4 is 40.8 Å². The van der Waals surface area contributed by atoms with Gasteiger partial charge in [0.15, 0.2) is 5.16 Å². The molecular weight excluding hydrogens is 513 g/mol. The van der Waals surface area contributed by atoms with E-state index in [1.54, 1.807) is 36.6 Å². The SMILES string of the molecule is O=C(NCc1ccco1)c1cccc(CSc2nc(Cl)cc(N3CCN(c4ccccc4F)CC3)n2)c1. The third kappa shape index (κ3) is 6.42. The summed E-state index contributed by atoms with van der Waals surface area (Å²) in [4.78, 5) is 25.8. The van der Waals surface area contributed by atoms with Crippen molar-refractivity contribution in [2.45, 2.75) is 17.5 Å². The molecule has 2 aromatic heterocycles. The van der Waals surface area contributed by atoms with E-state index in [1.807, 2.05) is 35.2 Å². The number of rotatable bonds is 8. The third-order valence-corrected chi connectivity index (χ3v) is 7.13. The first-order valence-corrected chi connectivity index (χ1v) is 13.2. The number of hydrogen-bond donors (Lipinski definition) is 1. The van der Waals surface area contributed by atoms with Crippen LogP contribution < -0.4 is 15.1 Å². The number of aromatic nitrogens is 2. The minimum absolute atomic E-state index is 0.168. The lowest BCUT2D eigenvalue weighted by molar-refractivity contribution is 0.0948. The van der Waals surface area contributed by atoms with Gasteiger partial charge in [-0.15, -0.1) is 0 Å². The smallest absolute Gasteiger partial charge is 0.251 e. The highest BCUT2D eigenvalue weighted by Crippen LogP contribution is 2.27. The molecule has 0 saturated carbocycles. The Labute approximate surface area is 223 Å². The number of hydrogen-bond acceptors (Lipinski definition) is 7. The third-order valence-electron chi connectivity index (χ3n) is 6.02. The molecule has 0 spiro atoms. The standard InChI is InChI=1S/C27H25ClFN5O2S/c28-24-16-25(34-12-10-33(11-13-34)23-9-2-1-8-22(23)29)32-27(31-24)37-18-19-5-3-6-20(15-19)26(35)30-17-21-7-4-14-36-21/h1-9,14-16H,10-13,17-18H2,(H,30,35). The molecule has 0 aliphatic carbocycles. The lowest BCUT2D eigenvalue weighted by Crippen LogP contribution is -2.47. The van der Waals surface area contributed by atoms with Gasteiger partial charge in [-0.3, -0.25) is 4.79 Å². The van der Waals surface area contributed by atoms with Crippen molar-refractivity contribution < 1.29 is 13.6 Å². The van der Waals surface area contributed by atoms with E-state index in [1.165, 1.54) is 17.8 Å². The molecule has 190 valence electrons. The van der Waals surface area contributed by atoms with Crippen LogP contribution in [0.15, 0.2) is 82.6 Å². The predicted octanol–water partition coefficient (Wildman–Crippen LogP) is 5.41. The second-order valence-electron chi connectivity index (χ2n) is 8.51. The number of anilines is 2. The fraction of sp³-hybridized carbons (Fsp3) is 0.222. The number of benzene rings is 2. The van der Waals surface area contributed by atoms with Gasteiger partial charge in [-0.05, 0) is 42.0 Å². The maximum absolute atomic E-state index is 14.2. The molecule has 3 heterocycles. The average Bonchev–Trinajstić information content (AvgIpc) is 3.45. The molecule has 1 fully saturated rings. The van der Waals surface area contributed by atoms with Crippen LogP contribution in [0.25, 0.3) is 0 Å². The Balaban J connectivity index is 1.19. The van der Waals surface area contributed by atoms with E-state index in [2.05, 4.69) is 15.2 Å². The van der Waals surface area contributed by atoms with Crippen LogP contribution in [0.5, 0.6) is 0 Å². The lowest BCUT2D eigenvalue weighted by atomic mass is 10.1. The highest BCUT2D eigenvalue weighted by molar-refractivity contribution is 7.98. The second-order valence-corrected chi connectivity index (χ2v) is 9.84. The summed E-state index contributed by atoms with van der Waals surface area (Å²) < 4.78 is 19.4. The van der Waals surface area contributed by atoms with E-state index in [-0.39, 0.29) is 11.7 Å². The summed E-state index contributed by atoms with van der Waals surface area (Å²) in [6.07, 6.45) is 1.58. The van der Waals surface area contributed by atoms with Gasteiger partial charge >= 0.3 is 0 Å². The van der Waals surface area contributed by atoms with Crippen LogP contribution in [-0.4, -0.2) is 42.1 Å². The van der Waals surface area contributed by atoms with Gasteiger partial charge in [0.25, 0.3) is 5.91 Å². The number of carbonyl (C=O) groups is 1. The second kappa shape index (κ2) is 11.7. The summed E-state index contributed by atoms with van der Waals surface area (Å²) in [5, 5.41) is 3.79. The summed E-state index contributed by atoms with van der Waals surface area (Å²) in [7, 11) is 0. The van der Waals surface area contributed by atoms with Gasteiger partial charge in [0.2, 0.25) is 0 Å². The summed E-state index contributed by atoms with van der Waals surface area (Å²) in [5.74, 6) is 1.65. The number of para-hydroxylation sites is 1. The topological polar surface area (TPSA) is 74.5 Å². The zero-order valence-electron chi connectivity index (χ0n) is 19.9. The molecule has 2 aromatic carbocycles. The molecule has 4 aromatic rings. The Kier molecular flexibility index (Phi) is 7.91. The maximum atomic E-state index is 14.2. The van der Waals surface area contributed by atoms with Crippen molar-refractivity contribution in [3.63, 3.8) is 0 Å². The molecular formula is C27H25ClFN5O2S. The first kappa shape index (κ1) is 25.1. The van der Waals surface area contributed by atoms with Gasteiger partial charge in [0, 0.05) is 43.6 Å². The fourth-order valence-corrected chi connectivity index (χ4v) is 5.15. The molecule has 37 heavy (non-hydrogen) atoms. The average molecular weight is 538 g/mol. The van der Waals surface area contributed by atoms with Gasteiger partial charge in [-0.2, -0.15) is 0 Å². The molecule has 5 rings (SSSR count). The summed E-state index contributed by atoms with van der Waals surface area (Å²) in [6, 6.07) is 19.7. The van der Waals surface area contributed by atoms with Crippen LogP contribution in [0.3, 0.4) is 0 Å². The molecule has 1 aliphatic heterocycles. The number of amides is 1. The number of halogens is 2. The normalized spacial score (nSPS) is 13.6. The van der Waals surface area contributed by atoms with Gasteiger partial charge < -0.3 is 19.5 Å². The Morgan fingerprint density at radius 1 is 1.00 bits per heavy atom. The van der Waals surface area contributed by atoms with Gasteiger partial charge in [0.1, 0.15) is 22.5 Å². The zero-order chi connectivity index (χ0) is 25.6. The zero-order valence-corrected chi connectivity index (χ0v) is 21.5. The van der Waals surface area contributed by atoms with Gasteiger partial charge in [-0.25, -0.2) is 14.4 Å². The predicted molar refractivity (Wildman–Crippen MR) is 144 cm³/mol. The molecule has 1 amide bonds. The number of carbonyl (C=O) groups excluding carboxylic acids is 1. The van der Waals surface area contributed by atoms with Crippen LogP contribution in [0, 0.1) is 5.82 Å². The molecule has 0 radical (unpaired) electrons. The number of nitrogens with one attached hydrogen (secondary N) is 1. The number of nitrogens with zero attached hydrogens (tertiary/aromatic N) is 4. The Hall–Kier alpha value is -3.56. The first-order chi connectivity index (χ1) is 18.0. The summed E-state index contributed by atoms with van der Waals surface area (Å²) in [5.41, 5.74) is 2.17. The first-order valence-electron chi connectivity index (χ1n) is 11.9. The van der Waals surface area contributed by atoms with E-state index >= 15 is 0 Å². The molecule has 1 saturated heterocycles. The fourth-order valence-electron chi connectivity index (χ4n) is 4.13. The van der Waals surface area contributed by atoms with E-state index in [0.29, 0.717) is 65.8 Å². The quantitative estimate of drug-likeness (QED) is 0.183.